The highest BCUT2D eigenvalue weighted by molar-refractivity contribution is 5.94. The fraction of sp³-hybridized carbons (Fsp3) is 0.286. The van der Waals surface area contributed by atoms with E-state index in [1.807, 2.05) is 18.2 Å². The summed E-state index contributed by atoms with van der Waals surface area (Å²) in [5.41, 5.74) is 10.2. The molecule has 6 nitrogen and oxygen atoms in total. The van der Waals surface area contributed by atoms with Crippen molar-refractivity contribution in [3.05, 3.63) is 64.9 Å². The first-order valence-corrected chi connectivity index (χ1v) is 9.20. The molecule has 0 spiro atoms. The molecule has 3 aromatic rings. The Morgan fingerprint density at radius 2 is 2.29 bits per heavy atom. The SMILES string of the molecule is CON=Cc1ccc2c(c1)c1c(n2Cc2cccc(F)n2)C(C(N)=O)CCC1. The molecule has 0 fully saturated rings. The van der Waals surface area contributed by atoms with Crippen molar-refractivity contribution in [1.82, 2.24) is 9.55 Å². The summed E-state index contributed by atoms with van der Waals surface area (Å²) in [5.74, 6) is -1.22. The van der Waals surface area contributed by atoms with Crippen LogP contribution in [-0.2, 0) is 22.6 Å². The van der Waals surface area contributed by atoms with Crippen LogP contribution in [0.5, 0.6) is 0 Å². The number of amides is 1. The molecule has 4 rings (SSSR count). The number of hydrogen-bond donors (Lipinski definition) is 1. The van der Waals surface area contributed by atoms with Crippen LogP contribution >= 0.6 is 0 Å². The maximum atomic E-state index is 13.6. The maximum Gasteiger partial charge on any atom is 0.226 e. The third kappa shape index (κ3) is 3.24. The Morgan fingerprint density at radius 3 is 3.04 bits per heavy atom. The van der Waals surface area contributed by atoms with Crippen LogP contribution in [0.3, 0.4) is 0 Å². The second-order valence-corrected chi connectivity index (χ2v) is 6.94. The van der Waals surface area contributed by atoms with Crippen LogP contribution in [0.1, 0.15) is 41.3 Å². The number of primary amides is 1. The fourth-order valence-electron chi connectivity index (χ4n) is 4.08. The third-order valence-electron chi connectivity index (χ3n) is 5.23. The molecule has 2 N–H and O–H groups in total. The first kappa shape index (κ1) is 18.2. The number of nitrogens with two attached hydrogens (primary N) is 1. The molecule has 28 heavy (non-hydrogen) atoms. The van der Waals surface area contributed by atoms with Gasteiger partial charge in [-0.1, -0.05) is 17.3 Å². The highest BCUT2D eigenvalue weighted by Crippen LogP contribution is 2.39. The maximum absolute atomic E-state index is 13.6. The molecule has 1 amide bonds. The zero-order valence-electron chi connectivity index (χ0n) is 15.6. The van der Waals surface area contributed by atoms with Crippen molar-refractivity contribution in [2.45, 2.75) is 31.7 Å². The molecule has 0 aliphatic heterocycles. The van der Waals surface area contributed by atoms with Crippen molar-refractivity contribution in [2.75, 3.05) is 7.11 Å². The zero-order valence-corrected chi connectivity index (χ0v) is 15.6. The third-order valence-corrected chi connectivity index (χ3v) is 5.23. The molecule has 7 heteroatoms. The summed E-state index contributed by atoms with van der Waals surface area (Å²) in [5, 5.41) is 4.88. The molecular weight excluding hydrogens is 359 g/mol. The summed E-state index contributed by atoms with van der Waals surface area (Å²) < 4.78 is 15.7. The molecule has 0 bridgehead atoms. The minimum atomic E-state index is -0.521. The minimum absolute atomic E-state index is 0.335. The predicted molar refractivity (Wildman–Crippen MR) is 105 cm³/mol. The van der Waals surface area contributed by atoms with Crippen LogP contribution in [-0.4, -0.2) is 28.8 Å². The molecule has 0 radical (unpaired) electrons. The lowest BCUT2D eigenvalue weighted by Gasteiger charge is -2.23. The second-order valence-electron chi connectivity index (χ2n) is 6.94. The molecule has 144 valence electrons. The number of benzene rings is 1. The Labute approximate surface area is 161 Å². The number of carbonyl (C=O) groups excluding carboxylic acids is 1. The van der Waals surface area contributed by atoms with E-state index in [2.05, 4.69) is 14.7 Å². The van der Waals surface area contributed by atoms with Gasteiger partial charge in [-0.3, -0.25) is 4.79 Å². The normalized spacial score (nSPS) is 16.4. The van der Waals surface area contributed by atoms with E-state index in [-0.39, 0.29) is 11.8 Å². The van der Waals surface area contributed by atoms with E-state index in [9.17, 15) is 9.18 Å². The van der Waals surface area contributed by atoms with E-state index in [1.165, 1.54) is 13.2 Å². The van der Waals surface area contributed by atoms with Gasteiger partial charge >= 0.3 is 0 Å². The van der Waals surface area contributed by atoms with E-state index in [0.717, 1.165) is 40.6 Å². The largest absolute Gasteiger partial charge is 0.399 e. The molecule has 0 saturated carbocycles. The number of aromatic nitrogens is 2. The smallest absolute Gasteiger partial charge is 0.226 e. The van der Waals surface area contributed by atoms with Gasteiger partial charge < -0.3 is 15.1 Å². The van der Waals surface area contributed by atoms with Gasteiger partial charge in [0.05, 0.1) is 24.4 Å². The van der Waals surface area contributed by atoms with Gasteiger partial charge in [0, 0.05) is 16.6 Å². The lowest BCUT2D eigenvalue weighted by Crippen LogP contribution is -2.27. The van der Waals surface area contributed by atoms with Crippen molar-refractivity contribution >= 4 is 23.0 Å². The molecule has 2 heterocycles. The predicted octanol–water partition coefficient (Wildman–Crippen LogP) is 3.11. The van der Waals surface area contributed by atoms with Crippen LogP contribution in [0.15, 0.2) is 41.6 Å². The summed E-state index contributed by atoms with van der Waals surface area (Å²) in [6.45, 7) is 0.374. The summed E-state index contributed by atoms with van der Waals surface area (Å²) in [6.07, 6.45) is 4.12. The summed E-state index contributed by atoms with van der Waals surface area (Å²) in [6, 6.07) is 10.7. The number of pyridine rings is 1. The minimum Gasteiger partial charge on any atom is -0.399 e. The molecular formula is C21H21FN4O2. The second kappa shape index (κ2) is 7.42. The van der Waals surface area contributed by atoms with Gasteiger partial charge in [0.2, 0.25) is 11.9 Å². The van der Waals surface area contributed by atoms with Gasteiger partial charge in [0.25, 0.3) is 0 Å². The van der Waals surface area contributed by atoms with Crippen molar-refractivity contribution in [3.63, 3.8) is 0 Å². The highest BCUT2D eigenvalue weighted by atomic mass is 19.1. The number of nitrogens with zero attached hydrogens (tertiary/aromatic N) is 3. The van der Waals surface area contributed by atoms with E-state index in [0.29, 0.717) is 18.7 Å². The lowest BCUT2D eigenvalue weighted by molar-refractivity contribution is -0.119. The summed E-state index contributed by atoms with van der Waals surface area (Å²) in [7, 11) is 1.50. The number of oxime groups is 1. The molecule has 1 unspecified atom stereocenters. The van der Waals surface area contributed by atoms with Crippen molar-refractivity contribution in [1.29, 1.82) is 0 Å². The molecule has 1 aromatic carbocycles. The molecule has 2 aromatic heterocycles. The van der Waals surface area contributed by atoms with Gasteiger partial charge in [0.15, 0.2) is 0 Å². The highest BCUT2D eigenvalue weighted by Gasteiger charge is 2.31. The van der Waals surface area contributed by atoms with Crippen LogP contribution in [0, 0.1) is 5.95 Å². The van der Waals surface area contributed by atoms with Crippen molar-refractivity contribution in [3.8, 4) is 0 Å². The Morgan fingerprint density at radius 1 is 1.43 bits per heavy atom. The molecule has 1 aliphatic rings. The fourth-order valence-corrected chi connectivity index (χ4v) is 4.08. The van der Waals surface area contributed by atoms with Gasteiger partial charge in [-0.25, -0.2) is 4.98 Å². The monoisotopic (exact) mass is 380 g/mol. The number of hydrogen-bond acceptors (Lipinski definition) is 4. The zero-order chi connectivity index (χ0) is 19.7. The first-order chi connectivity index (χ1) is 13.6. The van der Waals surface area contributed by atoms with Crippen LogP contribution < -0.4 is 5.73 Å². The number of rotatable bonds is 5. The Hall–Kier alpha value is -3.22. The summed E-state index contributed by atoms with van der Waals surface area (Å²) in [4.78, 5) is 20.9. The number of fused-ring (bicyclic) bond motifs is 3. The Kier molecular flexibility index (Phi) is 4.81. The van der Waals surface area contributed by atoms with Gasteiger partial charge in [-0.2, -0.15) is 4.39 Å². The Bertz CT molecular complexity index is 1070. The lowest BCUT2D eigenvalue weighted by atomic mass is 9.86. The quantitative estimate of drug-likeness (QED) is 0.419. The van der Waals surface area contributed by atoms with E-state index < -0.39 is 5.95 Å². The van der Waals surface area contributed by atoms with Crippen LogP contribution in [0.2, 0.25) is 0 Å². The Balaban J connectivity index is 1.92. The topological polar surface area (TPSA) is 82.5 Å². The number of aryl methyl sites for hydroxylation is 1. The van der Waals surface area contributed by atoms with Crippen molar-refractivity contribution in [2.24, 2.45) is 10.9 Å². The number of halogens is 1. The molecule has 1 atom stereocenters. The van der Waals surface area contributed by atoms with Gasteiger partial charge in [0.1, 0.15) is 7.11 Å². The molecule has 0 saturated heterocycles. The van der Waals surface area contributed by atoms with Crippen LogP contribution in [0.25, 0.3) is 10.9 Å². The summed E-state index contributed by atoms with van der Waals surface area (Å²) >= 11 is 0. The number of carbonyl (C=O) groups is 1. The van der Waals surface area contributed by atoms with Crippen LogP contribution in [0.4, 0.5) is 4.39 Å². The first-order valence-electron chi connectivity index (χ1n) is 9.20. The average Bonchev–Trinajstić information content (AvgIpc) is 2.99. The van der Waals surface area contributed by atoms with Gasteiger partial charge in [-0.15, -0.1) is 0 Å². The average molecular weight is 380 g/mol. The van der Waals surface area contributed by atoms with E-state index in [1.54, 1.807) is 18.3 Å². The molecule has 1 aliphatic carbocycles. The van der Waals surface area contributed by atoms with Gasteiger partial charge in [-0.05, 0) is 54.7 Å². The standard InChI is InChI=1S/C21H21FN4O2/c1-28-24-11-13-8-9-18-17(10-13)15-5-3-6-16(21(23)27)20(15)26(18)12-14-4-2-7-19(22)25-14/h2,4,7-11,16H,3,5-6,12H2,1H3,(H2,23,27). The van der Waals surface area contributed by atoms with Crippen molar-refractivity contribution < 1.29 is 14.0 Å². The van der Waals surface area contributed by atoms with E-state index in [4.69, 9.17) is 10.6 Å². The van der Waals surface area contributed by atoms with E-state index >= 15 is 0 Å².